The van der Waals surface area contributed by atoms with Gasteiger partial charge in [0.1, 0.15) is 6.04 Å². The first kappa shape index (κ1) is 17.2. The van der Waals surface area contributed by atoms with Crippen molar-refractivity contribution in [3.63, 3.8) is 0 Å². The van der Waals surface area contributed by atoms with Crippen LogP contribution < -0.4 is 5.32 Å². The van der Waals surface area contributed by atoms with E-state index in [1.54, 1.807) is 30.3 Å². The molecule has 2 aromatic rings. The van der Waals surface area contributed by atoms with E-state index >= 15 is 0 Å². The Hall–Kier alpha value is -3.15. The highest BCUT2D eigenvalue weighted by molar-refractivity contribution is 5.96. The number of ether oxygens (including phenoxy) is 1. The number of rotatable bonds is 7. The Morgan fingerprint density at radius 1 is 0.958 bits per heavy atom. The van der Waals surface area contributed by atoms with Crippen molar-refractivity contribution < 1.29 is 24.2 Å². The van der Waals surface area contributed by atoms with E-state index in [2.05, 4.69) is 5.32 Å². The lowest BCUT2D eigenvalue weighted by molar-refractivity contribution is -0.156. The van der Waals surface area contributed by atoms with Crippen molar-refractivity contribution in [1.82, 2.24) is 5.32 Å². The standard InChI is InChI=1S/C18H17NO5/c20-16(21)12-24-18(23)15(11-13-7-3-1-4-8-13)19-17(22)14-9-5-2-6-10-14/h1-10,15H,11-12H2,(H,19,22)(H,20,21)/t15-/m0/s1. The quantitative estimate of drug-likeness (QED) is 0.755. The smallest absolute Gasteiger partial charge is 0.341 e. The van der Waals surface area contributed by atoms with Gasteiger partial charge in [0.05, 0.1) is 0 Å². The number of carboxylic acids is 1. The van der Waals surface area contributed by atoms with Gasteiger partial charge >= 0.3 is 11.9 Å². The van der Waals surface area contributed by atoms with E-state index in [1.807, 2.05) is 30.3 Å². The molecule has 0 bridgehead atoms. The van der Waals surface area contributed by atoms with Crippen LogP contribution in [0.5, 0.6) is 0 Å². The van der Waals surface area contributed by atoms with Crippen molar-refractivity contribution >= 4 is 17.8 Å². The fourth-order valence-corrected chi connectivity index (χ4v) is 2.11. The third-order valence-electron chi connectivity index (χ3n) is 3.25. The highest BCUT2D eigenvalue weighted by Gasteiger charge is 2.24. The Bertz CT molecular complexity index is 700. The van der Waals surface area contributed by atoms with Crippen LogP contribution in [0.25, 0.3) is 0 Å². The summed E-state index contributed by atoms with van der Waals surface area (Å²) in [5.41, 5.74) is 1.23. The molecule has 2 N–H and O–H groups in total. The molecule has 0 heterocycles. The fourth-order valence-electron chi connectivity index (χ4n) is 2.11. The van der Waals surface area contributed by atoms with Crippen LogP contribution in [0.4, 0.5) is 0 Å². The van der Waals surface area contributed by atoms with Gasteiger partial charge in [0, 0.05) is 12.0 Å². The van der Waals surface area contributed by atoms with Crippen LogP contribution in [0.15, 0.2) is 60.7 Å². The van der Waals surface area contributed by atoms with Crippen molar-refractivity contribution in [2.75, 3.05) is 6.61 Å². The van der Waals surface area contributed by atoms with Crippen LogP contribution in [-0.4, -0.2) is 35.6 Å². The van der Waals surface area contributed by atoms with E-state index in [0.717, 1.165) is 5.56 Å². The minimum absolute atomic E-state index is 0.206. The maximum Gasteiger partial charge on any atom is 0.341 e. The number of hydrogen-bond donors (Lipinski definition) is 2. The number of benzene rings is 2. The highest BCUT2D eigenvalue weighted by atomic mass is 16.6. The van der Waals surface area contributed by atoms with Crippen LogP contribution in [0, 0.1) is 0 Å². The number of carbonyl (C=O) groups excluding carboxylic acids is 2. The Balaban J connectivity index is 2.11. The van der Waals surface area contributed by atoms with Gasteiger partial charge in [-0.15, -0.1) is 0 Å². The Morgan fingerprint density at radius 3 is 2.12 bits per heavy atom. The van der Waals surface area contributed by atoms with Gasteiger partial charge in [-0.3, -0.25) is 4.79 Å². The molecular formula is C18H17NO5. The number of carbonyl (C=O) groups is 3. The molecule has 124 valence electrons. The summed E-state index contributed by atoms with van der Waals surface area (Å²) < 4.78 is 4.72. The van der Waals surface area contributed by atoms with E-state index in [1.165, 1.54) is 0 Å². The molecule has 0 fully saturated rings. The average molecular weight is 327 g/mol. The first-order chi connectivity index (χ1) is 11.6. The monoisotopic (exact) mass is 327 g/mol. The molecule has 2 aromatic carbocycles. The lowest BCUT2D eigenvalue weighted by Gasteiger charge is -2.17. The molecule has 24 heavy (non-hydrogen) atoms. The van der Waals surface area contributed by atoms with E-state index in [9.17, 15) is 14.4 Å². The van der Waals surface area contributed by atoms with Crippen molar-refractivity contribution in [3.05, 3.63) is 71.8 Å². The number of aliphatic carboxylic acids is 1. The third-order valence-corrected chi connectivity index (χ3v) is 3.25. The highest BCUT2D eigenvalue weighted by Crippen LogP contribution is 2.07. The zero-order chi connectivity index (χ0) is 17.4. The second-order valence-corrected chi connectivity index (χ2v) is 5.08. The summed E-state index contributed by atoms with van der Waals surface area (Å²) >= 11 is 0. The number of amides is 1. The molecule has 0 saturated heterocycles. The SMILES string of the molecule is O=C(O)COC(=O)[C@H](Cc1ccccc1)NC(=O)c1ccccc1. The van der Waals surface area contributed by atoms with Crippen LogP contribution in [0.1, 0.15) is 15.9 Å². The topological polar surface area (TPSA) is 92.7 Å². The summed E-state index contributed by atoms with van der Waals surface area (Å²) in [5.74, 6) is -2.47. The summed E-state index contributed by atoms with van der Waals surface area (Å²) in [6.45, 7) is -0.745. The van der Waals surface area contributed by atoms with Crippen molar-refractivity contribution in [1.29, 1.82) is 0 Å². The molecular weight excluding hydrogens is 310 g/mol. The maximum atomic E-state index is 12.3. The van der Waals surface area contributed by atoms with Crippen LogP contribution in [0.3, 0.4) is 0 Å². The Kier molecular flexibility index (Phi) is 6.08. The van der Waals surface area contributed by atoms with Gasteiger partial charge in [0.2, 0.25) is 0 Å². The summed E-state index contributed by atoms with van der Waals surface area (Å²) in [6.07, 6.45) is 0.206. The zero-order valence-electron chi connectivity index (χ0n) is 12.8. The minimum atomic E-state index is -1.25. The van der Waals surface area contributed by atoms with Crippen molar-refractivity contribution in [2.45, 2.75) is 12.5 Å². The predicted octanol–water partition coefficient (Wildman–Crippen LogP) is 1.66. The van der Waals surface area contributed by atoms with Crippen LogP contribution in [0.2, 0.25) is 0 Å². The Labute approximate surface area is 139 Å². The predicted molar refractivity (Wildman–Crippen MR) is 86.4 cm³/mol. The molecule has 0 aromatic heterocycles. The van der Waals surface area contributed by atoms with Crippen molar-refractivity contribution in [2.24, 2.45) is 0 Å². The van der Waals surface area contributed by atoms with Gasteiger partial charge < -0.3 is 15.2 Å². The maximum absolute atomic E-state index is 12.3. The van der Waals surface area contributed by atoms with Gasteiger partial charge in [0.25, 0.3) is 5.91 Å². The van der Waals surface area contributed by atoms with Gasteiger partial charge in [-0.25, -0.2) is 9.59 Å². The number of nitrogens with one attached hydrogen (secondary N) is 1. The lowest BCUT2D eigenvalue weighted by atomic mass is 10.1. The van der Waals surface area contributed by atoms with Gasteiger partial charge in [0.15, 0.2) is 6.61 Å². The molecule has 0 unspecified atom stereocenters. The van der Waals surface area contributed by atoms with Gasteiger partial charge in [-0.2, -0.15) is 0 Å². The molecule has 6 heteroatoms. The summed E-state index contributed by atoms with van der Waals surface area (Å²) in [7, 11) is 0. The molecule has 1 atom stereocenters. The van der Waals surface area contributed by atoms with Gasteiger partial charge in [-0.05, 0) is 17.7 Å². The molecule has 0 aliphatic rings. The first-order valence-electron chi connectivity index (χ1n) is 7.34. The number of esters is 1. The number of carboxylic acid groups (broad SMARTS) is 1. The zero-order valence-corrected chi connectivity index (χ0v) is 12.8. The fraction of sp³-hybridized carbons (Fsp3) is 0.167. The molecule has 0 spiro atoms. The Morgan fingerprint density at radius 2 is 1.54 bits per heavy atom. The minimum Gasteiger partial charge on any atom is -0.479 e. The molecule has 0 aliphatic carbocycles. The molecule has 1 amide bonds. The number of hydrogen-bond acceptors (Lipinski definition) is 4. The van der Waals surface area contributed by atoms with E-state index in [4.69, 9.17) is 9.84 Å². The van der Waals surface area contributed by atoms with E-state index in [-0.39, 0.29) is 6.42 Å². The molecule has 0 radical (unpaired) electrons. The second-order valence-electron chi connectivity index (χ2n) is 5.08. The third kappa shape index (κ3) is 5.24. The summed E-state index contributed by atoms with van der Waals surface area (Å²) in [5, 5.41) is 11.2. The van der Waals surface area contributed by atoms with E-state index < -0.39 is 30.5 Å². The molecule has 0 aliphatic heterocycles. The van der Waals surface area contributed by atoms with Gasteiger partial charge in [-0.1, -0.05) is 48.5 Å². The normalized spacial score (nSPS) is 11.3. The van der Waals surface area contributed by atoms with Crippen molar-refractivity contribution in [3.8, 4) is 0 Å². The van der Waals surface area contributed by atoms with Crippen LogP contribution >= 0.6 is 0 Å². The lowest BCUT2D eigenvalue weighted by Crippen LogP contribution is -2.43. The molecule has 6 nitrogen and oxygen atoms in total. The second kappa shape index (κ2) is 8.47. The summed E-state index contributed by atoms with van der Waals surface area (Å²) in [6, 6.07) is 16.6. The average Bonchev–Trinajstić information content (AvgIpc) is 2.60. The van der Waals surface area contributed by atoms with Crippen LogP contribution in [-0.2, 0) is 20.7 Å². The molecule has 0 saturated carbocycles. The summed E-state index contributed by atoms with van der Waals surface area (Å²) in [4.78, 5) is 34.9. The first-order valence-corrected chi connectivity index (χ1v) is 7.34. The van der Waals surface area contributed by atoms with E-state index in [0.29, 0.717) is 5.56 Å². The molecule has 2 rings (SSSR count). The largest absolute Gasteiger partial charge is 0.479 e.